The van der Waals surface area contributed by atoms with Crippen LogP contribution in [0.25, 0.3) is 0 Å². The van der Waals surface area contributed by atoms with Crippen molar-refractivity contribution in [2.24, 2.45) is 5.92 Å². The number of urea groups is 1. The maximum absolute atomic E-state index is 13.2. The molecule has 2 atom stereocenters. The minimum Gasteiger partial charge on any atom is -0.396 e. The summed E-state index contributed by atoms with van der Waals surface area (Å²) in [6.45, 7) is 3.61. The summed E-state index contributed by atoms with van der Waals surface area (Å²) in [5.74, 6) is -0.484. The molecule has 0 spiro atoms. The van der Waals surface area contributed by atoms with Crippen molar-refractivity contribution in [2.45, 2.75) is 19.9 Å². The third-order valence-corrected chi connectivity index (χ3v) is 3.32. The first-order valence-electron chi connectivity index (χ1n) is 5.57. The largest absolute Gasteiger partial charge is 0.396 e. The lowest BCUT2D eigenvalue weighted by atomic mass is 10.1. The van der Waals surface area contributed by atoms with E-state index in [-0.39, 0.29) is 18.6 Å². The van der Waals surface area contributed by atoms with Crippen LogP contribution in [-0.2, 0) is 0 Å². The molecule has 0 saturated heterocycles. The Morgan fingerprint density at radius 3 is 2.72 bits per heavy atom. The molecule has 0 aromatic heterocycles. The fourth-order valence-electron chi connectivity index (χ4n) is 1.25. The second kappa shape index (κ2) is 6.70. The highest BCUT2D eigenvalue weighted by molar-refractivity contribution is 9.10. The molecule has 3 N–H and O–H groups in total. The standard InChI is InChI=1S/C12H16BrFN2O2/c1-7(6-17)8(2)15-12(18)16-9-3-4-10(13)11(14)5-9/h3-5,7-8,17H,6H2,1-2H3,(H2,15,16,18)/t7-,8-/m0/s1. The fraction of sp³-hybridized carbons (Fsp3) is 0.417. The summed E-state index contributed by atoms with van der Waals surface area (Å²) in [5, 5.41) is 14.1. The summed E-state index contributed by atoms with van der Waals surface area (Å²) < 4.78 is 13.6. The molecule has 1 aromatic rings. The van der Waals surface area contributed by atoms with Gasteiger partial charge in [0.2, 0.25) is 0 Å². The van der Waals surface area contributed by atoms with Gasteiger partial charge in [-0.15, -0.1) is 0 Å². The quantitative estimate of drug-likeness (QED) is 0.799. The molecule has 18 heavy (non-hydrogen) atoms. The number of hydrogen-bond acceptors (Lipinski definition) is 2. The second-order valence-electron chi connectivity index (χ2n) is 4.18. The Balaban J connectivity index is 2.57. The predicted octanol–water partition coefficient (Wildman–Crippen LogP) is 2.73. The van der Waals surface area contributed by atoms with E-state index in [0.717, 1.165) is 0 Å². The smallest absolute Gasteiger partial charge is 0.319 e. The van der Waals surface area contributed by atoms with Crippen molar-refractivity contribution in [3.8, 4) is 0 Å². The molecule has 0 heterocycles. The molecular weight excluding hydrogens is 303 g/mol. The number of rotatable bonds is 4. The molecule has 2 amide bonds. The number of benzene rings is 1. The Morgan fingerprint density at radius 2 is 2.17 bits per heavy atom. The number of halogens is 2. The number of amides is 2. The minimum absolute atomic E-state index is 0.00560. The van der Waals surface area contributed by atoms with Crippen molar-refractivity contribution in [1.82, 2.24) is 5.32 Å². The van der Waals surface area contributed by atoms with Gasteiger partial charge in [-0.1, -0.05) is 6.92 Å². The normalized spacial score (nSPS) is 13.8. The van der Waals surface area contributed by atoms with E-state index in [1.165, 1.54) is 12.1 Å². The monoisotopic (exact) mass is 318 g/mol. The van der Waals surface area contributed by atoms with Crippen LogP contribution in [0.1, 0.15) is 13.8 Å². The first kappa shape index (κ1) is 14.9. The Morgan fingerprint density at radius 1 is 1.50 bits per heavy atom. The van der Waals surface area contributed by atoms with Gasteiger partial charge >= 0.3 is 6.03 Å². The molecule has 0 saturated carbocycles. The van der Waals surface area contributed by atoms with Gasteiger partial charge in [-0.25, -0.2) is 9.18 Å². The predicted molar refractivity (Wildman–Crippen MR) is 72.0 cm³/mol. The maximum Gasteiger partial charge on any atom is 0.319 e. The number of carbonyl (C=O) groups is 1. The molecule has 0 unspecified atom stereocenters. The van der Waals surface area contributed by atoms with E-state index in [9.17, 15) is 9.18 Å². The van der Waals surface area contributed by atoms with Gasteiger partial charge in [0.1, 0.15) is 5.82 Å². The number of aliphatic hydroxyl groups excluding tert-OH is 1. The molecule has 1 rings (SSSR count). The zero-order valence-corrected chi connectivity index (χ0v) is 11.8. The first-order valence-corrected chi connectivity index (χ1v) is 6.36. The maximum atomic E-state index is 13.2. The van der Waals surface area contributed by atoms with Gasteiger partial charge in [-0.2, -0.15) is 0 Å². The summed E-state index contributed by atoms with van der Waals surface area (Å²) in [6.07, 6.45) is 0. The molecule has 1 aromatic carbocycles. The Hall–Kier alpha value is -1.14. The number of anilines is 1. The lowest BCUT2D eigenvalue weighted by Crippen LogP contribution is -2.40. The van der Waals surface area contributed by atoms with Gasteiger partial charge in [0.25, 0.3) is 0 Å². The van der Waals surface area contributed by atoms with E-state index in [1.807, 2.05) is 6.92 Å². The lowest BCUT2D eigenvalue weighted by molar-refractivity contribution is 0.204. The van der Waals surface area contributed by atoms with Crippen LogP contribution in [0.3, 0.4) is 0 Å². The van der Waals surface area contributed by atoms with E-state index < -0.39 is 11.8 Å². The Bertz CT molecular complexity index is 429. The topological polar surface area (TPSA) is 61.4 Å². The molecule has 0 fully saturated rings. The SMILES string of the molecule is C[C@H](NC(=O)Nc1ccc(Br)c(F)c1)[C@@H](C)CO. The van der Waals surface area contributed by atoms with E-state index in [2.05, 4.69) is 26.6 Å². The van der Waals surface area contributed by atoms with E-state index in [0.29, 0.717) is 10.2 Å². The Kier molecular flexibility index (Phi) is 5.55. The third kappa shape index (κ3) is 4.27. The van der Waals surface area contributed by atoms with E-state index in [4.69, 9.17) is 5.11 Å². The summed E-state index contributed by atoms with van der Waals surface area (Å²) in [6, 6.07) is 3.74. The van der Waals surface area contributed by atoms with E-state index >= 15 is 0 Å². The average Bonchev–Trinajstić information content (AvgIpc) is 2.32. The number of nitrogens with one attached hydrogen (secondary N) is 2. The highest BCUT2D eigenvalue weighted by atomic mass is 79.9. The van der Waals surface area contributed by atoms with Gasteiger partial charge in [0.05, 0.1) is 4.47 Å². The molecule has 0 aliphatic heterocycles. The number of carbonyl (C=O) groups excluding carboxylic acids is 1. The van der Waals surface area contributed by atoms with Crippen molar-refractivity contribution in [3.05, 3.63) is 28.5 Å². The van der Waals surface area contributed by atoms with E-state index in [1.54, 1.807) is 13.0 Å². The number of hydrogen-bond donors (Lipinski definition) is 3. The van der Waals surface area contributed by atoms with Crippen molar-refractivity contribution < 1.29 is 14.3 Å². The van der Waals surface area contributed by atoms with Crippen LogP contribution in [-0.4, -0.2) is 23.8 Å². The van der Waals surface area contributed by atoms with Crippen molar-refractivity contribution in [2.75, 3.05) is 11.9 Å². The van der Waals surface area contributed by atoms with Crippen LogP contribution in [0.5, 0.6) is 0 Å². The fourth-order valence-corrected chi connectivity index (χ4v) is 1.49. The van der Waals surface area contributed by atoms with Gasteiger partial charge in [-0.05, 0) is 47.0 Å². The number of aliphatic hydroxyl groups is 1. The average molecular weight is 319 g/mol. The lowest BCUT2D eigenvalue weighted by Gasteiger charge is -2.19. The summed E-state index contributed by atoms with van der Waals surface area (Å²) >= 11 is 3.03. The highest BCUT2D eigenvalue weighted by Gasteiger charge is 2.14. The third-order valence-electron chi connectivity index (χ3n) is 2.68. The van der Waals surface area contributed by atoms with Gasteiger partial charge < -0.3 is 15.7 Å². The van der Waals surface area contributed by atoms with Crippen LogP contribution < -0.4 is 10.6 Å². The van der Waals surface area contributed by atoms with Crippen LogP contribution in [0, 0.1) is 11.7 Å². The highest BCUT2D eigenvalue weighted by Crippen LogP contribution is 2.19. The van der Waals surface area contributed by atoms with Crippen molar-refractivity contribution in [1.29, 1.82) is 0 Å². The van der Waals surface area contributed by atoms with Crippen LogP contribution in [0.15, 0.2) is 22.7 Å². The van der Waals surface area contributed by atoms with Crippen molar-refractivity contribution >= 4 is 27.6 Å². The molecule has 0 aliphatic rings. The zero-order valence-electron chi connectivity index (χ0n) is 10.2. The summed E-state index contributed by atoms with van der Waals surface area (Å²) in [4.78, 5) is 11.6. The molecule has 4 nitrogen and oxygen atoms in total. The first-order chi connectivity index (χ1) is 8.43. The zero-order chi connectivity index (χ0) is 13.7. The minimum atomic E-state index is -0.440. The van der Waals surface area contributed by atoms with Crippen molar-refractivity contribution in [3.63, 3.8) is 0 Å². The Labute approximate surface area is 114 Å². The van der Waals surface area contributed by atoms with Crippen LogP contribution in [0.2, 0.25) is 0 Å². The molecule has 0 radical (unpaired) electrons. The molecule has 6 heteroatoms. The molecular formula is C12H16BrFN2O2. The summed E-state index contributed by atoms with van der Waals surface area (Å²) in [5.41, 5.74) is 0.372. The molecule has 0 bridgehead atoms. The van der Waals surface area contributed by atoms with Gasteiger partial charge in [0, 0.05) is 18.3 Å². The van der Waals surface area contributed by atoms with Crippen LogP contribution >= 0.6 is 15.9 Å². The van der Waals surface area contributed by atoms with Gasteiger partial charge in [-0.3, -0.25) is 0 Å². The summed E-state index contributed by atoms with van der Waals surface area (Å²) in [7, 11) is 0. The molecule has 0 aliphatic carbocycles. The second-order valence-corrected chi connectivity index (χ2v) is 5.03. The van der Waals surface area contributed by atoms with Gasteiger partial charge in [0.15, 0.2) is 0 Å². The molecule has 100 valence electrons. The van der Waals surface area contributed by atoms with Crippen LogP contribution in [0.4, 0.5) is 14.9 Å².